The maximum absolute atomic E-state index is 15.6. The largest absolute Gasteiger partial charge is 0.430 e. The monoisotopic (exact) mass is 725 g/mol. The van der Waals surface area contributed by atoms with E-state index in [1.165, 1.54) is 11.2 Å². The van der Waals surface area contributed by atoms with E-state index in [2.05, 4.69) is 58.0 Å². The van der Waals surface area contributed by atoms with Crippen LogP contribution in [0.15, 0.2) is 24.5 Å². The van der Waals surface area contributed by atoms with Gasteiger partial charge >= 0.3 is 11.9 Å². The minimum Gasteiger partial charge on any atom is -0.430 e. The van der Waals surface area contributed by atoms with Crippen LogP contribution in [0.2, 0.25) is 0 Å². The summed E-state index contributed by atoms with van der Waals surface area (Å²) in [5.41, 5.74) is -0.390. The number of esters is 2. The summed E-state index contributed by atoms with van der Waals surface area (Å²) in [4.78, 5) is 49.5. The summed E-state index contributed by atoms with van der Waals surface area (Å²) in [5.74, 6) is -4.44. The number of anilines is 1. The number of likely N-dealkylation sites (tertiary alicyclic amines) is 1. The molecule has 2 saturated heterocycles. The summed E-state index contributed by atoms with van der Waals surface area (Å²) in [6, 6.07) is 1.12. The van der Waals surface area contributed by atoms with E-state index in [1.807, 2.05) is 13.8 Å². The normalized spacial score (nSPS) is 18.4. The van der Waals surface area contributed by atoms with Crippen LogP contribution in [-0.2, 0) is 14.3 Å². The number of nitrogens with zero attached hydrogens (tertiary/aromatic N) is 6. The molecule has 14 nitrogen and oxygen atoms in total. The van der Waals surface area contributed by atoms with Crippen molar-refractivity contribution in [2.45, 2.75) is 85.4 Å². The molecule has 1 aromatic carbocycles. The third-order valence-corrected chi connectivity index (χ3v) is 10.1. The summed E-state index contributed by atoms with van der Waals surface area (Å²) in [7, 11) is 1.73. The predicted molar refractivity (Wildman–Crippen MR) is 191 cm³/mol. The zero-order chi connectivity index (χ0) is 37.8. The first-order chi connectivity index (χ1) is 24.7. The fourth-order valence-electron chi connectivity index (χ4n) is 7.24. The summed E-state index contributed by atoms with van der Waals surface area (Å²) >= 11 is 0. The Hall–Kier alpha value is -4.21. The standard InChI is InChI=1S/C37H52FN7O7/c1-9-45(24(4)5)35(48)25-17-26(38)31-32(51-29(47)13-12-28(46)50-31)30(25)52-34-33(40-22-41-42-34)43-16-14-37(19-43)20-44(21-37)27(23(2)3)11-10-15-39-18-36(6,7)49-8/h12-13,17,22-24,27,39H,9-11,14-16,18-21H2,1-8H3/b13-12+. The number of rotatable bonds is 15. The van der Waals surface area contributed by atoms with Gasteiger partial charge in [0.25, 0.3) is 11.8 Å². The quantitative estimate of drug-likeness (QED) is 0.157. The van der Waals surface area contributed by atoms with Crippen molar-refractivity contribution in [2.75, 3.05) is 57.8 Å². The number of carbonyl (C=O) groups is 3. The van der Waals surface area contributed by atoms with Crippen LogP contribution in [-0.4, -0.2) is 113 Å². The Bertz CT molecular complexity index is 1660. The zero-order valence-electron chi connectivity index (χ0n) is 31.5. The van der Waals surface area contributed by atoms with Crippen LogP contribution in [0.5, 0.6) is 23.1 Å². The maximum atomic E-state index is 15.6. The van der Waals surface area contributed by atoms with Crippen molar-refractivity contribution < 1.29 is 37.7 Å². The smallest absolute Gasteiger partial charge is 0.336 e. The van der Waals surface area contributed by atoms with Crippen LogP contribution in [0.4, 0.5) is 10.2 Å². The highest BCUT2D eigenvalue weighted by atomic mass is 19.1. The first-order valence-corrected chi connectivity index (χ1v) is 18.1. The van der Waals surface area contributed by atoms with Gasteiger partial charge in [-0.15, -0.1) is 10.2 Å². The Morgan fingerprint density at radius 3 is 2.44 bits per heavy atom. The van der Waals surface area contributed by atoms with Gasteiger partial charge in [0.2, 0.25) is 11.5 Å². The van der Waals surface area contributed by atoms with Gasteiger partial charge in [-0.1, -0.05) is 13.8 Å². The molecule has 1 atom stereocenters. The SMILES string of the molecule is CCN(C(=O)c1cc(F)c2c(c1Oc1nncnc1N1CCC3(C1)CN(C(CCCNCC(C)(C)OC)C(C)C)C3)OC(=O)/C=C/C(=O)O2)C(C)C. The number of methoxy groups -OCH3 is 1. The topological polar surface area (TPSA) is 149 Å². The van der Waals surface area contributed by atoms with E-state index in [1.54, 1.807) is 14.0 Å². The van der Waals surface area contributed by atoms with Crippen LogP contribution in [0, 0.1) is 17.2 Å². The first-order valence-electron chi connectivity index (χ1n) is 18.1. The van der Waals surface area contributed by atoms with Crippen LogP contribution in [0.25, 0.3) is 0 Å². The van der Waals surface area contributed by atoms with E-state index >= 15 is 4.39 Å². The van der Waals surface area contributed by atoms with Gasteiger partial charge < -0.3 is 34.1 Å². The number of hydrogen-bond donors (Lipinski definition) is 1. The van der Waals surface area contributed by atoms with Gasteiger partial charge in [-0.05, 0) is 72.4 Å². The average molecular weight is 726 g/mol. The average Bonchev–Trinajstić information content (AvgIpc) is 3.53. The van der Waals surface area contributed by atoms with Crippen molar-refractivity contribution in [3.8, 4) is 23.1 Å². The molecule has 3 aliphatic rings. The van der Waals surface area contributed by atoms with Gasteiger partial charge in [0.1, 0.15) is 6.33 Å². The number of ether oxygens (including phenoxy) is 4. The van der Waals surface area contributed by atoms with Crippen LogP contribution >= 0.6 is 0 Å². The molecule has 15 heteroatoms. The Morgan fingerprint density at radius 1 is 1.12 bits per heavy atom. The number of aromatic nitrogens is 3. The zero-order valence-corrected chi connectivity index (χ0v) is 31.5. The summed E-state index contributed by atoms with van der Waals surface area (Å²) in [6.45, 7) is 19.4. The number of fused-ring (bicyclic) bond motifs is 1. The van der Waals surface area contributed by atoms with Gasteiger partial charge in [-0.3, -0.25) is 9.69 Å². The molecule has 5 rings (SSSR count). The summed E-state index contributed by atoms with van der Waals surface area (Å²) < 4.78 is 38.0. The number of carbonyl (C=O) groups excluding carboxylic acids is 3. The van der Waals surface area contributed by atoms with Gasteiger partial charge in [0.05, 0.1) is 11.2 Å². The fraction of sp³-hybridized carbons (Fsp3) is 0.622. The molecular formula is C37H52FN7O7. The molecule has 3 aliphatic heterocycles. The molecule has 2 aromatic rings. The Labute approximate surface area is 305 Å². The molecular weight excluding hydrogens is 673 g/mol. The molecule has 1 aromatic heterocycles. The van der Waals surface area contributed by atoms with E-state index in [-0.39, 0.29) is 34.3 Å². The Balaban J connectivity index is 1.36. The summed E-state index contributed by atoms with van der Waals surface area (Å²) in [5, 5.41) is 11.7. The van der Waals surface area contributed by atoms with Crippen molar-refractivity contribution >= 4 is 23.7 Å². The van der Waals surface area contributed by atoms with E-state index < -0.39 is 35.2 Å². The second kappa shape index (κ2) is 16.2. The number of halogens is 1. The molecule has 1 amide bonds. The molecule has 0 radical (unpaired) electrons. The van der Waals surface area contributed by atoms with Crippen LogP contribution < -0.4 is 24.4 Å². The number of amides is 1. The van der Waals surface area contributed by atoms with Gasteiger partial charge in [-0.25, -0.2) is 19.0 Å². The van der Waals surface area contributed by atoms with E-state index in [9.17, 15) is 14.4 Å². The second-order valence-corrected chi connectivity index (χ2v) is 15.1. The van der Waals surface area contributed by atoms with Crippen molar-refractivity contribution in [2.24, 2.45) is 11.3 Å². The first kappa shape index (κ1) is 39.0. The van der Waals surface area contributed by atoms with Crippen molar-refractivity contribution in [3.63, 3.8) is 0 Å². The molecule has 1 unspecified atom stereocenters. The minimum atomic E-state index is -1.08. The number of nitrogens with one attached hydrogen (secondary N) is 1. The lowest BCUT2D eigenvalue weighted by molar-refractivity contribution is -0.133. The third kappa shape index (κ3) is 8.69. The van der Waals surface area contributed by atoms with Crippen molar-refractivity contribution in [1.82, 2.24) is 30.3 Å². The molecule has 4 heterocycles. The van der Waals surface area contributed by atoms with E-state index in [4.69, 9.17) is 18.9 Å². The molecule has 0 aliphatic carbocycles. The van der Waals surface area contributed by atoms with Gasteiger partial charge in [-0.2, -0.15) is 0 Å². The van der Waals surface area contributed by atoms with Crippen LogP contribution in [0.3, 0.4) is 0 Å². The lowest BCUT2D eigenvalue weighted by Gasteiger charge is -2.53. The Morgan fingerprint density at radius 2 is 1.81 bits per heavy atom. The molecule has 0 bridgehead atoms. The molecule has 2 fully saturated rings. The molecule has 0 saturated carbocycles. The molecule has 284 valence electrons. The maximum Gasteiger partial charge on any atom is 0.336 e. The van der Waals surface area contributed by atoms with Crippen molar-refractivity contribution in [1.29, 1.82) is 0 Å². The number of benzene rings is 1. The highest BCUT2D eigenvalue weighted by molar-refractivity contribution is 6.01. The van der Waals surface area contributed by atoms with Crippen molar-refractivity contribution in [3.05, 3.63) is 35.9 Å². The molecule has 52 heavy (non-hydrogen) atoms. The minimum absolute atomic E-state index is 0.0530. The van der Waals surface area contributed by atoms with Crippen LogP contribution in [0.1, 0.15) is 78.1 Å². The second-order valence-electron chi connectivity index (χ2n) is 15.1. The predicted octanol–water partition coefficient (Wildman–Crippen LogP) is 4.39. The van der Waals surface area contributed by atoms with E-state index in [0.29, 0.717) is 37.4 Å². The Kier molecular flexibility index (Phi) is 12.2. The lowest BCUT2D eigenvalue weighted by atomic mass is 9.76. The molecule has 1 N–H and O–H groups in total. The highest BCUT2D eigenvalue weighted by Crippen LogP contribution is 2.48. The highest BCUT2D eigenvalue weighted by Gasteiger charge is 2.50. The third-order valence-electron chi connectivity index (χ3n) is 10.1. The molecule has 1 spiro atoms. The fourth-order valence-corrected chi connectivity index (χ4v) is 7.24. The summed E-state index contributed by atoms with van der Waals surface area (Å²) in [6.07, 6.45) is 6.07. The van der Waals surface area contributed by atoms with Gasteiger partial charge in [0.15, 0.2) is 17.4 Å². The lowest BCUT2D eigenvalue weighted by Crippen LogP contribution is -2.62. The van der Waals surface area contributed by atoms with Gasteiger partial charge in [0, 0.05) is 76.0 Å². The van der Waals surface area contributed by atoms with E-state index in [0.717, 1.165) is 63.7 Å². The number of hydrogen-bond acceptors (Lipinski definition) is 13.